The fourth-order valence-corrected chi connectivity index (χ4v) is 3.15. The van der Waals surface area contributed by atoms with Crippen LogP contribution in [0.2, 0.25) is 0 Å². The number of benzene rings is 1. The Kier molecular flexibility index (Phi) is 7.23. The molecule has 0 aromatic heterocycles. The summed E-state index contributed by atoms with van der Waals surface area (Å²) in [4.78, 5) is 40.9. The molecule has 2 rings (SSSR count). The van der Waals surface area contributed by atoms with Crippen LogP contribution in [0.15, 0.2) is 18.2 Å². The zero-order valence-corrected chi connectivity index (χ0v) is 18.5. The topological polar surface area (TPSA) is 111 Å². The lowest BCUT2D eigenvalue weighted by atomic mass is 9.99. The van der Waals surface area contributed by atoms with Gasteiger partial charge in [0.25, 0.3) is 11.8 Å². The Labute approximate surface area is 177 Å². The van der Waals surface area contributed by atoms with Gasteiger partial charge in [-0.3, -0.25) is 9.59 Å². The molecule has 1 fully saturated rings. The maximum absolute atomic E-state index is 13.2. The van der Waals surface area contributed by atoms with E-state index in [0.29, 0.717) is 18.8 Å². The van der Waals surface area contributed by atoms with E-state index < -0.39 is 23.0 Å². The highest BCUT2D eigenvalue weighted by Gasteiger charge is 2.47. The Hall–Kier alpha value is -2.49. The summed E-state index contributed by atoms with van der Waals surface area (Å²) in [6.45, 7) is 7.58. The van der Waals surface area contributed by atoms with Crippen LogP contribution in [0.1, 0.15) is 26.3 Å². The first-order valence-corrected chi connectivity index (χ1v) is 9.69. The van der Waals surface area contributed by atoms with Crippen molar-refractivity contribution in [1.82, 2.24) is 0 Å². The van der Waals surface area contributed by atoms with Crippen molar-refractivity contribution in [1.29, 1.82) is 0 Å². The summed E-state index contributed by atoms with van der Waals surface area (Å²) in [6.07, 6.45) is 0. The zero-order chi connectivity index (χ0) is 22.7. The van der Waals surface area contributed by atoms with Crippen molar-refractivity contribution >= 4 is 29.2 Å². The molecule has 0 saturated carbocycles. The molecule has 0 aliphatic carbocycles. The maximum atomic E-state index is 13.2. The highest BCUT2D eigenvalue weighted by molar-refractivity contribution is 6.14. The Bertz CT molecular complexity index is 819. The van der Waals surface area contributed by atoms with Gasteiger partial charge >= 0.3 is 5.97 Å². The molecule has 1 saturated heterocycles. The molecule has 9 nitrogen and oxygen atoms in total. The number of aryl methyl sites for hydroxylation is 1. The van der Waals surface area contributed by atoms with Crippen LogP contribution in [0.25, 0.3) is 0 Å². The fraction of sp³-hybridized carbons (Fsp3) is 0.571. The molecule has 1 aliphatic rings. The molecule has 0 unspecified atom stereocenters. The molecule has 2 N–H and O–H groups in total. The number of nitrogens with zero attached hydrogens (tertiary/aromatic N) is 2. The largest absolute Gasteiger partial charge is 0.458 e. The van der Waals surface area contributed by atoms with E-state index in [4.69, 9.17) is 19.9 Å². The number of likely N-dealkylation sites (N-methyl/N-ethyl adjacent to an activating group) is 1. The number of amides is 2. The van der Waals surface area contributed by atoms with Crippen LogP contribution >= 0.6 is 0 Å². The van der Waals surface area contributed by atoms with Gasteiger partial charge in [0, 0.05) is 32.1 Å². The molecule has 0 radical (unpaired) electrons. The van der Waals surface area contributed by atoms with Crippen LogP contribution in [0.4, 0.5) is 11.4 Å². The number of hydrogen-bond donors (Lipinski definition) is 1. The van der Waals surface area contributed by atoms with Gasteiger partial charge in [-0.05, 0) is 51.5 Å². The van der Waals surface area contributed by atoms with Crippen LogP contribution in [-0.4, -0.2) is 69.4 Å². The zero-order valence-electron chi connectivity index (χ0n) is 18.5. The summed E-state index contributed by atoms with van der Waals surface area (Å²) >= 11 is 0. The minimum Gasteiger partial charge on any atom is -0.458 e. The third-order valence-corrected chi connectivity index (χ3v) is 4.67. The van der Waals surface area contributed by atoms with Gasteiger partial charge < -0.3 is 29.7 Å². The minimum absolute atomic E-state index is 0.0438. The Morgan fingerprint density at radius 3 is 2.50 bits per heavy atom. The van der Waals surface area contributed by atoms with Crippen molar-refractivity contribution in [3.63, 3.8) is 0 Å². The van der Waals surface area contributed by atoms with Gasteiger partial charge in [0.05, 0.1) is 13.2 Å². The van der Waals surface area contributed by atoms with Gasteiger partial charge in [-0.1, -0.05) is 0 Å². The van der Waals surface area contributed by atoms with Gasteiger partial charge in [0.1, 0.15) is 12.2 Å². The van der Waals surface area contributed by atoms with E-state index in [0.717, 1.165) is 11.3 Å². The third-order valence-electron chi connectivity index (χ3n) is 4.67. The van der Waals surface area contributed by atoms with E-state index in [9.17, 15) is 14.4 Å². The predicted molar refractivity (Wildman–Crippen MR) is 112 cm³/mol. The number of morpholine rings is 1. The molecule has 1 aliphatic heterocycles. The summed E-state index contributed by atoms with van der Waals surface area (Å²) in [6, 6.07) is 5.23. The van der Waals surface area contributed by atoms with Crippen molar-refractivity contribution in [3.8, 4) is 0 Å². The Balaban J connectivity index is 2.29. The second-order valence-electron chi connectivity index (χ2n) is 8.34. The van der Waals surface area contributed by atoms with Gasteiger partial charge in [0.2, 0.25) is 5.54 Å². The molecule has 2 amide bonds. The van der Waals surface area contributed by atoms with E-state index in [1.807, 2.05) is 6.92 Å². The molecule has 1 atom stereocenters. The average molecular weight is 421 g/mol. The molecule has 1 aromatic rings. The number of ether oxygens (including phenoxy) is 3. The van der Waals surface area contributed by atoms with Gasteiger partial charge in [-0.25, -0.2) is 4.79 Å². The number of hydrogen-bond acceptors (Lipinski definition) is 7. The second-order valence-corrected chi connectivity index (χ2v) is 8.34. The quantitative estimate of drug-likeness (QED) is 0.539. The minimum atomic E-state index is -2.00. The van der Waals surface area contributed by atoms with Gasteiger partial charge in [-0.15, -0.1) is 0 Å². The molecule has 0 spiro atoms. The molecule has 1 aromatic carbocycles. The lowest BCUT2D eigenvalue weighted by Gasteiger charge is -2.33. The van der Waals surface area contributed by atoms with E-state index in [2.05, 4.69) is 0 Å². The molecule has 0 bridgehead atoms. The second kappa shape index (κ2) is 9.11. The first-order chi connectivity index (χ1) is 13.9. The van der Waals surface area contributed by atoms with Crippen LogP contribution in [0, 0.1) is 6.92 Å². The summed E-state index contributed by atoms with van der Waals surface area (Å²) in [5.41, 5.74) is 5.45. The van der Waals surface area contributed by atoms with Crippen molar-refractivity contribution in [2.75, 3.05) is 50.3 Å². The van der Waals surface area contributed by atoms with Crippen LogP contribution in [-0.2, 0) is 28.6 Å². The van der Waals surface area contributed by atoms with Gasteiger partial charge in [0.15, 0.2) is 0 Å². The number of rotatable bonds is 6. The first kappa shape index (κ1) is 23.8. The molecular weight excluding hydrogens is 390 g/mol. The van der Waals surface area contributed by atoms with E-state index in [1.165, 1.54) is 19.1 Å². The number of esters is 1. The number of anilines is 2. The van der Waals surface area contributed by atoms with Crippen molar-refractivity contribution in [2.45, 2.75) is 38.8 Å². The van der Waals surface area contributed by atoms with Crippen LogP contribution in [0.3, 0.4) is 0 Å². The van der Waals surface area contributed by atoms with E-state index >= 15 is 0 Å². The highest BCUT2D eigenvalue weighted by Crippen LogP contribution is 2.28. The predicted octanol–water partition coefficient (Wildman–Crippen LogP) is 1.01. The lowest BCUT2D eigenvalue weighted by Crippen LogP contribution is -2.64. The normalized spacial score (nSPS) is 16.8. The number of nitrogens with two attached hydrogens (primary N) is 1. The monoisotopic (exact) mass is 421 g/mol. The standard InChI is InChI=1S/C21H31N3O6/c1-14-11-15(7-8-16(14)24-9-10-29-12-17(24)25)23(5)18(26)21(22,13-28-6)19(27)30-20(2,3)4/h7-8,11H,9-10,12-13,22H2,1-6H3/t21-/m1/s1. The van der Waals surface area contributed by atoms with E-state index in [1.54, 1.807) is 43.9 Å². The number of carbonyl (C=O) groups excluding carboxylic acids is 3. The molecule has 30 heavy (non-hydrogen) atoms. The Morgan fingerprint density at radius 2 is 1.97 bits per heavy atom. The summed E-state index contributed by atoms with van der Waals surface area (Å²) in [7, 11) is 2.88. The van der Waals surface area contributed by atoms with Crippen molar-refractivity contribution in [2.24, 2.45) is 5.73 Å². The number of methoxy groups -OCH3 is 1. The van der Waals surface area contributed by atoms with Crippen LogP contribution < -0.4 is 15.5 Å². The van der Waals surface area contributed by atoms with Crippen LogP contribution in [0.5, 0.6) is 0 Å². The van der Waals surface area contributed by atoms with Gasteiger partial charge in [-0.2, -0.15) is 0 Å². The highest BCUT2D eigenvalue weighted by atomic mass is 16.6. The smallest absolute Gasteiger partial charge is 0.338 e. The molecule has 1 heterocycles. The molecular formula is C21H31N3O6. The molecule has 9 heteroatoms. The van der Waals surface area contributed by atoms with E-state index in [-0.39, 0.29) is 19.1 Å². The average Bonchev–Trinajstić information content (AvgIpc) is 2.66. The summed E-state index contributed by atoms with van der Waals surface area (Å²) in [5.74, 6) is -1.64. The third kappa shape index (κ3) is 5.16. The van der Waals surface area contributed by atoms with Crippen molar-refractivity contribution < 1.29 is 28.6 Å². The maximum Gasteiger partial charge on any atom is 0.338 e. The lowest BCUT2D eigenvalue weighted by molar-refractivity contribution is -0.166. The first-order valence-electron chi connectivity index (χ1n) is 9.69. The van der Waals surface area contributed by atoms with Crippen molar-refractivity contribution in [3.05, 3.63) is 23.8 Å². The number of carbonyl (C=O) groups is 3. The SMILES string of the molecule is COC[C@](N)(C(=O)OC(C)(C)C)C(=O)N(C)c1ccc(N2CCOCC2=O)c(C)c1. The molecule has 166 valence electrons. The Morgan fingerprint density at radius 1 is 1.30 bits per heavy atom. The summed E-state index contributed by atoms with van der Waals surface area (Å²) in [5, 5.41) is 0. The fourth-order valence-electron chi connectivity index (χ4n) is 3.15. The summed E-state index contributed by atoms with van der Waals surface area (Å²) < 4.78 is 15.6.